The van der Waals surface area contributed by atoms with Crippen molar-refractivity contribution < 1.29 is 32.7 Å². The summed E-state index contributed by atoms with van der Waals surface area (Å²) in [6.07, 6.45) is 1.25. The van der Waals surface area contributed by atoms with Gasteiger partial charge in [0, 0.05) is 35.7 Å². The lowest BCUT2D eigenvalue weighted by atomic mass is 10.2. The highest BCUT2D eigenvalue weighted by atomic mass is 79.9. The van der Waals surface area contributed by atoms with Gasteiger partial charge in [-0.1, -0.05) is 11.6 Å². The topological polar surface area (TPSA) is 74.7 Å². The highest BCUT2D eigenvalue weighted by Crippen LogP contribution is 2.35. The third kappa shape index (κ3) is 5.70. The van der Waals surface area contributed by atoms with Crippen molar-refractivity contribution in [1.82, 2.24) is 9.97 Å². The molecule has 29 heavy (non-hydrogen) atoms. The smallest absolute Gasteiger partial charge is 0.163 e. The number of halogens is 2. The minimum atomic E-state index is -3.05. The first-order valence-corrected chi connectivity index (χ1v) is 9.16. The zero-order valence-electron chi connectivity index (χ0n) is 24.7. The van der Waals surface area contributed by atoms with Gasteiger partial charge in [-0.3, -0.25) is 0 Å². The number of nitrogens with one attached hydrogen (secondary N) is 1. The van der Waals surface area contributed by atoms with E-state index in [9.17, 15) is 0 Å². The van der Waals surface area contributed by atoms with E-state index in [0.29, 0.717) is 20.6 Å². The molecule has 1 N–H and O–H groups in total. The quantitative estimate of drug-likeness (QED) is 0.434. The van der Waals surface area contributed by atoms with Gasteiger partial charge in [-0.05, 0) is 40.2 Å². The molecule has 0 aliphatic carbocycles. The zero-order valence-corrected chi connectivity index (χ0v) is 17.0. The van der Waals surface area contributed by atoms with Gasteiger partial charge in [-0.25, -0.2) is 9.97 Å². The second-order valence-corrected chi connectivity index (χ2v) is 6.62. The van der Waals surface area contributed by atoms with Crippen LogP contribution in [-0.2, 0) is 9.47 Å². The summed E-state index contributed by atoms with van der Waals surface area (Å²) in [5.41, 5.74) is 0.862. The lowest BCUT2D eigenvalue weighted by molar-refractivity contribution is 0.132. The fourth-order valence-corrected chi connectivity index (χ4v) is 2.80. The number of ether oxygens (including phenoxy) is 4. The maximum atomic E-state index is 7.82. The van der Waals surface area contributed by atoms with Crippen LogP contribution in [0.5, 0.6) is 11.5 Å². The summed E-state index contributed by atoms with van der Waals surface area (Å²) in [6.45, 7) is -7.28. The van der Waals surface area contributed by atoms with Gasteiger partial charge in [0.1, 0.15) is 25.4 Å². The van der Waals surface area contributed by atoms with Crippen molar-refractivity contribution in [3.8, 4) is 11.5 Å². The maximum absolute atomic E-state index is 7.82. The molecule has 0 bridgehead atoms. The molecule has 0 saturated carbocycles. The van der Waals surface area contributed by atoms with E-state index in [1.165, 1.54) is 18.5 Å². The molecular formula is C20H21BrClN3O4. The summed E-state index contributed by atoms with van der Waals surface area (Å²) in [4.78, 5) is 8.39. The number of nitrogens with zero attached hydrogens (tertiary/aromatic N) is 2. The van der Waals surface area contributed by atoms with Crippen LogP contribution in [-0.4, -0.2) is 50.4 Å². The number of hydrogen-bond donors (Lipinski definition) is 1. The summed E-state index contributed by atoms with van der Waals surface area (Å²) in [7, 11) is -6.09. The summed E-state index contributed by atoms with van der Waals surface area (Å²) >= 11 is 9.48. The van der Waals surface area contributed by atoms with Crippen molar-refractivity contribution in [3.63, 3.8) is 0 Å². The van der Waals surface area contributed by atoms with E-state index in [0.717, 1.165) is 0 Å². The van der Waals surface area contributed by atoms with Crippen molar-refractivity contribution in [2.45, 2.75) is 0 Å². The summed E-state index contributed by atoms with van der Waals surface area (Å²) in [6, 6.07) is 7.78. The van der Waals surface area contributed by atoms with Crippen molar-refractivity contribution in [2.75, 3.05) is 45.7 Å². The van der Waals surface area contributed by atoms with Gasteiger partial charge in [-0.2, -0.15) is 0 Å². The molecule has 1 aromatic heterocycles. The standard InChI is InChI=1S/C20H21BrClN3O4/c1-26-5-7-28-18-10-14-17(11-19(18)29-8-6-27-2)23-12-24-20(14)25-13-3-4-15(21)16(22)9-13/h3-4,9-12H,5-8H2,1-2H3,(H,23,24,25)/i1D3,2D3,5D2,6D2. The van der Waals surface area contributed by atoms with Crippen molar-refractivity contribution in [3.05, 3.63) is 46.2 Å². The Morgan fingerprint density at radius 2 is 1.79 bits per heavy atom. The fourth-order valence-electron chi connectivity index (χ4n) is 2.37. The second kappa shape index (κ2) is 10.6. The van der Waals surface area contributed by atoms with Crippen LogP contribution in [0.25, 0.3) is 10.9 Å². The van der Waals surface area contributed by atoms with E-state index in [4.69, 9.17) is 34.8 Å². The molecule has 0 amide bonds. The second-order valence-electron chi connectivity index (χ2n) is 5.36. The summed E-state index contributed by atoms with van der Waals surface area (Å²) < 4.78 is 94.5. The van der Waals surface area contributed by atoms with E-state index in [1.54, 1.807) is 18.2 Å². The Kier molecular flexibility index (Phi) is 4.35. The molecule has 154 valence electrons. The summed E-state index contributed by atoms with van der Waals surface area (Å²) in [5, 5.41) is 3.87. The van der Waals surface area contributed by atoms with Crippen molar-refractivity contribution in [1.29, 1.82) is 0 Å². The Hall–Kier alpha value is -2.13. The van der Waals surface area contributed by atoms with E-state index >= 15 is 0 Å². The predicted octanol–water partition coefficient (Wildman–Crippen LogP) is 4.84. The SMILES string of the molecule is [2H]C([2H])([2H])OC([2H])([2H])COc1cc2ncnc(Nc3ccc(Br)c(Cl)c3)c2cc1OCC([2H])([2H])OC([2H])([2H])[2H]. The molecule has 3 rings (SSSR count). The minimum absolute atomic E-state index is 0.165. The van der Waals surface area contributed by atoms with Gasteiger partial charge in [0.25, 0.3) is 0 Å². The minimum Gasteiger partial charge on any atom is -0.487 e. The lowest BCUT2D eigenvalue weighted by Gasteiger charge is -2.15. The Morgan fingerprint density at radius 3 is 2.48 bits per heavy atom. The molecular weight excluding hydrogens is 462 g/mol. The monoisotopic (exact) mass is 491 g/mol. The average molecular weight is 493 g/mol. The largest absolute Gasteiger partial charge is 0.487 e. The van der Waals surface area contributed by atoms with Gasteiger partial charge in [0.05, 0.1) is 37.4 Å². The van der Waals surface area contributed by atoms with Gasteiger partial charge >= 0.3 is 0 Å². The summed E-state index contributed by atoms with van der Waals surface area (Å²) in [5.74, 6) is -0.0453. The fraction of sp³-hybridized carbons (Fsp3) is 0.300. The Morgan fingerprint density at radius 1 is 1.07 bits per heavy atom. The van der Waals surface area contributed by atoms with E-state index in [-0.39, 0.29) is 22.8 Å². The van der Waals surface area contributed by atoms with Crippen LogP contribution in [0, 0.1) is 0 Å². The van der Waals surface area contributed by atoms with Gasteiger partial charge < -0.3 is 24.3 Å². The van der Waals surface area contributed by atoms with Crippen LogP contribution in [0.1, 0.15) is 13.7 Å². The number of fused-ring (bicyclic) bond motifs is 1. The molecule has 0 radical (unpaired) electrons. The average Bonchev–Trinajstić information content (AvgIpc) is 2.76. The Labute approximate surface area is 196 Å². The number of anilines is 2. The van der Waals surface area contributed by atoms with Crippen molar-refractivity contribution >= 4 is 49.9 Å². The first kappa shape index (κ1) is 11.9. The Bertz CT molecular complexity index is 1330. The van der Waals surface area contributed by atoms with Gasteiger partial charge in [-0.15, -0.1) is 0 Å². The van der Waals surface area contributed by atoms with Gasteiger partial charge in [0.15, 0.2) is 11.5 Å². The highest BCUT2D eigenvalue weighted by molar-refractivity contribution is 9.10. The van der Waals surface area contributed by atoms with Crippen LogP contribution >= 0.6 is 27.5 Å². The van der Waals surface area contributed by atoms with Crippen LogP contribution in [0.15, 0.2) is 41.1 Å². The molecule has 0 atom stereocenters. The van der Waals surface area contributed by atoms with E-state index in [1.807, 2.05) is 0 Å². The number of methoxy groups -OCH3 is 2. The molecule has 0 aliphatic rings. The number of rotatable bonds is 10. The van der Waals surface area contributed by atoms with Gasteiger partial charge in [0.2, 0.25) is 0 Å². The van der Waals surface area contributed by atoms with Crippen LogP contribution in [0.3, 0.4) is 0 Å². The molecule has 0 aliphatic heterocycles. The molecule has 0 spiro atoms. The van der Waals surface area contributed by atoms with E-state index < -0.39 is 40.4 Å². The van der Waals surface area contributed by atoms with Crippen LogP contribution < -0.4 is 14.8 Å². The first-order chi connectivity index (χ1) is 17.8. The molecule has 0 saturated heterocycles. The maximum Gasteiger partial charge on any atom is 0.163 e. The lowest BCUT2D eigenvalue weighted by Crippen LogP contribution is -2.09. The van der Waals surface area contributed by atoms with Crippen LogP contribution in [0.2, 0.25) is 5.02 Å². The number of hydrogen-bond acceptors (Lipinski definition) is 7. The molecule has 0 fully saturated rings. The molecule has 0 unspecified atom stereocenters. The normalized spacial score (nSPS) is 17.9. The van der Waals surface area contributed by atoms with E-state index in [2.05, 4.69) is 40.7 Å². The number of benzene rings is 2. The van der Waals surface area contributed by atoms with Crippen LogP contribution in [0.4, 0.5) is 11.5 Å². The third-order valence-electron chi connectivity index (χ3n) is 3.60. The Balaban J connectivity index is 1.99. The highest BCUT2D eigenvalue weighted by Gasteiger charge is 2.13. The molecule has 2 aromatic carbocycles. The molecule has 7 nitrogen and oxygen atoms in total. The molecule has 1 heterocycles. The molecule has 9 heteroatoms. The van der Waals surface area contributed by atoms with Crippen molar-refractivity contribution in [2.24, 2.45) is 0 Å². The third-order valence-corrected chi connectivity index (χ3v) is 4.83. The number of aromatic nitrogens is 2. The zero-order chi connectivity index (χ0) is 29.2. The predicted molar refractivity (Wildman–Crippen MR) is 117 cm³/mol. The first-order valence-electron chi connectivity index (χ1n) is 13.0. The molecule has 3 aromatic rings.